The number of nitrogens with zero attached hydrogens (tertiary/aromatic N) is 3. The van der Waals surface area contributed by atoms with Gasteiger partial charge in [-0.3, -0.25) is 0 Å². The normalized spacial score (nSPS) is 10.1. The van der Waals surface area contributed by atoms with Gasteiger partial charge in [-0.25, -0.2) is 9.48 Å². The average Bonchev–Trinajstić information content (AvgIpc) is 2.59. The van der Waals surface area contributed by atoms with Gasteiger partial charge in [0.2, 0.25) is 0 Å². The summed E-state index contributed by atoms with van der Waals surface area (Å²) in [6.07, 6.45) is 0. The van der Waals surface area contributed by atoms with Crippen molar-refractivity contribution in [2.45, 2.75) is 6.54 Å². The van der Waals surface area contributed by atoms with Crippen LogP contribution in [0.1, 0.15) is 10.5 Å². The SMILES string of the molecule is N#CCn1nc(C(=O)O)c2ccccc21. The minimum Gasteiger partial charge on any atom is -0.476 e. The van der Waals surface area contributed by atoms with Crippen molar-refractivity contribution in [2.24, 2.45) is 0 Å². The van der Waals surface area contributed by atoms with Crippen LogP contribution in [0.3, 0.4) is 0 Å². The molecule has 0 spiro atoms. The Morgan fingerprint density at radius 2 is 2.27 bits per heavy atom. The number of hydrogen-bond acceptors (Lipinski definition) is 3. The molecule has 0 amide bonds. The zero-order chi connectivity index (χ0) is 10.8. The summed E-state index contributed by atoms with van der Waals surface area (Å²) in [4.78, 5) is 10.9. The number of carbonyl (C=O) groups is 1. The number of aromatic nitrogens is 2. The highest BCUT2D eigenvalue weighted by molar-refractivity contribution is 6.01. The molecular formula is C10H7N3O2. The average molecular weight is 201 g/mol. The molecular weight excluding hydrogens is 194 g/mol. The van der Waals surface area contributed by atoms with Crippen LogP contribution >= 0.6 is 0 Å². The maximum atomic E-state index is 10.9. The highest BCUT2D eigenvalue weighted by Crippen LogP contribution is 2.17. The maximum absolute atomic E-state index is 10.9. The summed E-state index contributed by atoms with van der Waals surface area (Å²) in [5, 5.41) is 21.9. The van der Waals surface area contributed by atoms with E-state index in [0.717, 1.165) is 0 Å². The molecule has 0 fully saturated rings. The van der Waals surface area contributed by atoms with Crippen LogP contribution in [0.4, 0.5) is 0 Å². The number of rotatable bonds is 2. The monoisotopic (exact) mass is 201 g/mol. The van der Waals surface area contributed by atoms with Gasteiger partial charge in [0.1, 0.15) is 6.54 Å². The molecule has 5 heteroatoms. The number of nitriles is 1. The van der Waals surface area contributed by atoms with Crippen LogP contribution < -0.4 is 0 Å². The van der Waals surface area contributed by atoms with Crippen molar-refractivity contribution >= 4 is 16.9 Å². The molecule has 0 saturated heterocycles. The topological polar surface area (TPSA) is 78.9 Å². The van der Waals surface area contributed by atoms with Crippen LogP contribution in [-0.2, 0) is 6.54 Å². The highest BCUT2D eigenvalue weighted by Gasteiger charge is 2.14. The Morgan fingerprint density at radius 1 is 1.53 bits per heavy atom. The summed E-state index contributed by atoms with van der Waals surface area (Å²) >= 11 is 0. The Morgan fingerprint density at radius 3 is 2.93 bits per heavy atom. The first-order valence-electron chi connectivity index (χ1n) is 4.30. The van der Waals surface area contributed by atoms with Crippen molar-refractivity contribution in [3.63, 3.8) is 0 Å². The van der Waals surface area contributed by atoms with Gasteiger partial charge < -0.3 is 5.11 Å². The second kappa shape index (κ2) is 3.42. The third kappa shape index (κ3) is 1.42. The lowest BCUT2D eigenvalue weighted by atomic mass is 10.2. The van der Waals surface area contributed by atoms with Crippen LogP contribution in [0.15, 0.2) is 24.3 Å². The fraction of sp³-hybridized carbons (Fsp3) is 0.100. The first-order chi connectivity index (χ1) is 7.24. The molecule has 0 bridgehead atoms. The fourth-order valence-corrected chi connectivity index (χ4v) is 1.47. The fourth-order valence-electron chi connectivity index (χ4n) is 1.47. The Balaban J connectivity index is 2.74. The molecule has 5 nitrogen and oxygen atoms in total. The van der Waals surface area contributed by atoms with Crippen molar-refractivity contribution in [3.8, 4) is 6.07 Å². The lowest BCUT2D eigenvalue weighted by Crippen LogP contribution is -2.02. The van der Waals surface area contributed by atoms with E-state index in [2.05, 4.69) is 5.10 Å². The van der Waals surface area contributed by atoms with E-state index in [1.165, 1.54) is 4.68 Å². The molecule has 0 aliphatic heterocycles. The highest BCUT2D eigenvalue weighted by atomic mass is 16.4. The maximum Gasteiger partial charge on any atom is 0.357 e. The van der Waals surface area contributed by atoms with Crippen LogP contribution in [0.5, 0.6) is 0 Å². The Kier molecular flexibility index (Phi) is 2.10. The number of fused-ring (bicyclic) bond motifs is 1. The minimum atomic E-state index is -1.08. The van der Waals surface area contributed by atoms with E-state index in [9.17, 15) is 4.79 Å². The van der Waals surface area contributed by atoms with Gasteiger partial charge in [-0.05, 0) is 6.07 Å². The third-order valence-corrected chi connectivity index (χ3v) is 2.08. The molecule has 0 unspecified atom stereocenters. The molecule has 1 aromatic heterocycles. The van der Waals surface area contributed by atoms with Crippen molar-refractivity contribution in [1.29, 1.82) is 5.26 Å². The van der Waals surface area contributed by atoms with Crippen LogP contribution in [0.2, 0.25) is 0 Å². The molecule has 0 atom stereocenters. The predicted octanol–water partition coefficient (Wildman–Crippen LogP) is 1.26. The summed E-state index contributed by atoms with van der Waals surface area (Å²) in [5.41, 5.74) is 0.650. The molecule has 0 radical (unpaired) electrons. The van der Waals surface area contributed by atoms with Gasteiger partial charge in [-0.2, -0.15) is 10.4 Å². The quantitative estimate of drug-likeness (QED) is 0.793. The number of para-hydroxylation sites is 1. The van der Waals surface area contributed by atoms with Gasteiger partial charge in [0, 0.05) is 5.39 Å². The van der Waals surface area contributed by atoms with Crippen LogP contribution in [-0.4, -0.2) is 20.9 Å². The second-order valence-electron chi connectivity index (χ2n) is 2.99. The summed E-state index contributed by atoms with van der Waals surface area (Å²) in [6.45, 7) is 0.0494. The lowest BCUT2D eigenvalue weighted by Gasteiger charge is -1.93. The third-order valence-electron chi connectivity index (χ3n) is 2.08. The number of hydrogen-bond donors (Lipinski definition) is 1. The van der Waals surface area contributed by atoms with E-state index in [1.807, 2.05) is 6.07 Å². The van der Waals surface area contributed by atoms with Gasteiger partial charge in [0.15, 0.2) is 5.69 Å². The summed E-state index contributed by atoms with van der Waals surface area (Å²) in [5.74, 6) is -1.08. The molecule has 1 N–H and O–H groups in total. The Hall–Kier alpha value is -2.35. The standard InChI is InChI=1S/C10H7N3O2/c11-5-6-13-8-4-2-1-3-7(8)9(12-13)10(14)15/h1-4H,6H2,(H,14,15). The van der Waals surface area contributed by atoms with E-state index in [1.54, 1.807) is 24.3 Å². The van der Waals surface area contributed by atoms with E-state index >= 15 is 0 Å². The second-order valence-corrected chi connectivity index (χ2v) is 2.99. The van der Waals surface area contributed by atoms with Crippen molar-refractivity contribution in [2.75, 3.05) is 0 Å². The summed E-state index contributed by atoms with van der Waals surface area (Å²) in [7, 11) is 0. The number of carboxylic acid groups (broad SMARTS) is 1. The van der Waals surface area contributed by atoms with E-state index in [-0.39, 0.29) is 12.2 Å². The van der Waals surface area contributed by atoms with Gasteiger partial charge in [-0.15, -0.1) is 0 Å². The Labute approximate surface area is 85.2 Å². The molecule has 15 heavy (non-hydrogen) atoms. The van der Waals surface area contributed by atoms with Crippen molar-refractivity contribution in [3.05, 3.63) is 30.0 Å². The smallest absolute Gasteiger partial charge is 0.357 e. The molecule has 2 aromatic rings. The van der Waals surface area contributed by atoms with Crippen LogP contribution in [0, 0.1) is 11.3 Å². The largest absolute Gasteiger partial charge is 0.476 e. The van der Waals surface area contributed by atoms with Crippen molar-refractivity contribution < 1.29 is 9.90 Å². The molecule has 74 valence electrons. The summed E-state index contributed by atoms with van der Waals surface area (Å²) < 4.78 is 1.39. The molecule has 2 rings (SSSR count). The van der Waals surface area contributed by atoms with Gasteiger partial charge in [0.05, 0.1) is 11.6 Å². The number of benzene rings is 1. The zero-order valence-corrected chi connectivity index (χ0v) is 7.71. The van der Waals surface area contributed by atoms with E-state index in [0.29, 0.717) is 10.9 Å². The molecule has 1 heterocycles. The molecule has 0 saturated carbocycles. The zero-order valence-electron chi connectivity index (χ0n) is 7.71. The van der Waals surface area contributed by atoms with Gasteiger partial charge >= 0.3 is 5.97 Å². The molecule has 0 aliphatic carbocycles. The van der Waals surface area contributed by atoms with Gasteiger partial charge in [-0.1, -0.05) is 18.2 Å². The van der Waals surface area contributed by atoms with E-state index in [4.69, 9.17) is 10.4 Å². The number of carboxylic acids is 1. The minimum absolute atomic E-state index is 0.0131. The summed E-state index contributed by atoms with van der Waals surface area (Å²) in [6, 6.07) is 8.88. The molecule has 1 aromatic carbocycles. The van der Waals surface area contributed by atoms with E-state index < -0.39 is 5.97 Å². The van der Waals surface area contributed by atoms with Crippen molar-refractivity contribution in [1.82, 2.24) is 9.78 Å². The Bertz CT molecular complexity index is 566. The first kappa shape index (κ1) is 9.21. The predicted molar refractivity (Wildman–Crippen MR) is 52.3 cm³/mol. The molecule has 0 aliphatic rings. The van der Waals surface area contributed by atoms with Gasteiger partial charge in [0.25, 0.3) is 0 Å². The number of aromatic carboxylic acids is 1. The first-order valence-corrected chi connectivity index (χ1v) is 4.30. The lowest BCUT2D eigenvalue weighted by molar-refractivity contribution is 0.0691. The van der Waals surface area contributed by atoms with Crippen LogP contribution in [0.25, 0.3) is 10.9 Å².